The minimum Gasteiger partial charge on any atom is -0.478 e. The van der Waals surface area contributed by atoms with Crippen molar-refractivity contribution in [1.29, 1.82) is 5.26 Å². The molecule has 0 aliphatic heterocycles. The zero-order valence-corrected chi connectivity index (χ0v) is 17.5. The predicted molar refractivity (Wildman–Crippen MR) is 117 cm³/mol. The largest absolute Gasteiger partial charge is 0.478 e. The molecule has 0 fully saturated rings. The zero-order valence-electron chi connectivity index (χ0n) is 17.5. The molecule has 0 aliphatic carbocycles. The molecule has 2 heterocycles. The van der Waals surface area contributed by atoms with E-state index in [9.17, 15) is 0 Å². The summed E-state index contributed by atoms with van der Waals surface area (Å²) in [5.41, 5.74) is 7.08. The van der Waals surface area contributed by atoms with Gasteiger partial charge in [-0.1, -0.05) is 42.0 Å². The molecule has 4 aromatic rings. The molecule has 0 bridgehead atoms. The van der Waals surface area contributed by atoms with Crippen molar-refractivity contribution in [1.82, 2.24) is 19.3 Å². The summed E-state index contributed by atoms with van der Waals surface area (Å²) in [7, 11) is 5.64. The standard InChI is InChI=1S/C24H23N5O/c1-16-5-9-19(10-6-16)22-21(18-11-7-17(13-25)8-12-18)27-24(30-4)23-26-20(14-28(2)3)15-29(22)23/h5-12,15H,14H2,1-4H3. The van der Waals surface area contributed by atoms with Gasteiger partial charge in [-0.25, -0.2) is 9.97 Å². The van der Waals surface area contributed by atoms with E-state index in [2.05, 4.69) is 46.6 Å². The van der Waals surface area contributed by atoms with Crippen LogP contribution in [0.25, 0.3) is 28.2 Å². The Morgan fingerprint density at radius 2 is 1.67 bits per heavy atom. The van der Waals surface area contributed by atoms with Gasteiger partial charge in [0.25, 0.3) is 5.88 Å². The minimum atomic E-state index is 0.468. The van der Waals surface area contributed by atoms with Gasteiger partial charge in [-0.2, -0.15) is 5.26 Å². The molecule has 0 N–H and O–H groups in total. The number of aromatic nitrogens is 3. The third-order valence-electron chi connectivity index (χ3n) is 4.91. The van der Waals surface area contributed by atoms with Crippen molar-refractivity contribution in [2.75, 3.05) is 21.2 Å². The second kappa shape index (κ2) is 7.97. The Hall–Kier alpha value is -3.69. The maximum Gasteiger partial charge on any atom is 0.258 e. The summed E-state index contributed by atoms with van der Waals surface area (Å²) in [6, 6.07) is 18.0. The second-order valence-electron chi connectivity index (χ2n) is 7.54. The molecule has 0 aliphatic rings. The summed E-state index contributed by atoms with van der Waals surface area (Å²) in [6.45, 7) is 2.78. The van der Waals surface area contributed by atoms with E-state index >= 15 is 0 Å². The van der Waals surface area contributed by atoms with Crippen LogP contribution in [0, 0.1) is 18.3 Å². The molecule has 6 nitrogen and oxygen atoms in total. The van der Waals surface area contributed by atoms with E-state index in [1.54, 1.807) is 19.2 Å². The van der Waals surface area contributed by atoms with Crippen molar-refractivity contribution in [3.8, 4) is 34.5 Å². The van der Waals surface area contributed by atoms with Gasteiger partial charge in [0, 0.05) is 23.9 Å². The van der Waals surface area contributed by atoms with Gasteiger partial charge in [0.2, 0.25) is 5.65 Å². The number of methoxy groups -OCH3 is 1. The average Bonchev–Trinajstić information content (AvgIpc) is 3.16. The van der Waals surface area contributed by atoms with Crippen molar-refractivity contribution in [3.05, 3.63) is 71.5 Å². The fourth-order valence-electron chi connectivity index (χ4n) is 3.50. The van der Waals surface area contributed by atoms with Crippen molar-refractivity contribution >= 4 is 5.65 Å². The Morgan fingerprint density at radius 3 is 2.27 bits per heavy atom. The Labute approximate surface area is 176 Å². The van der Waals surface area contributed by atoms with Crippen LogP contribution in [0.3, 0.4) is 0 Å². The van der Waals surface area contributed by atoms with Crippen LogP contribution in [0.15, 0.2) is 54.7 Å². The maximum absolute atomic E-state index is 9.15. The van der Waals surface area contributed by atoms with Crippen LogP contribution < -0.4 is 4.74 Å². The number of nitrogens with zero attached hydrogens (tertiary/aromatic N) is 5. The van der Waals surface area contributed by atoms with Crippen LogP contribution in [0.1, 0.15) is 16.8 Å². The highest BCUT2D eigenvalue weighted by Crippen LogP contribution is 2.35. The summed E-state index contributed by atoms with van der Waals surface area (Å²) in [5.74, 6) is 0.468. The van der Waals surface area contributed by atoms with E-state index in [1.807, 2.05) is 32.4 Å². The molecule has 0 atom stereocenters. The molecule has 30 heavy (non-hydrogen) atoms. The van der Waals surface area contributed by atoms with E-state index in [0.29, 0.717) is 23.6 Å². The van der Waals surface area contributed by atoms with Crippen LogP contribution >= 0.6 is 0 Å². The van der Waals surface area contributed by atoms with Gasteiger partial charge in [0.1, 0.15) is 0 Å². The number of hydrogen-bond donors (Lipinski definition) is 0. The highest BCUT2D eigenvalue weighted by Gasteiger charge is 2.20. The molecule has 0 spiro atoms. The summed E-state index contributed by atoms with van der Waals surface area (Å²) < 4.78 is 7.66. The molecule has 6 heteroatoms. The maximum atomic E-state index is 9.15. The lowest BCUT2D eigenvalue weighted by Crippen LogP contribution is -2.10. The monoisotopic (exact) mass is 397 g/mol. The summed E-state index contributed by atoms with van der Waals surface area (Å²) in [5, 5.41) is 9.15. The molecular formula is C24H23N5O. The Morgan fingerprint density at radius 1 is 1.00 bits per heavy atom. The van der Waals surface area contributed by atoms with Crippen molar-refractivity contribution in [3.63, 3.8) is 0 Å². The van der Waals surface area contributed by atoms with Gasteiger partial charge in [0.05, 0.1) is 35.8 Å². The van der Waals surface area contributed by atoms with E-state index in [1.165, 1.54) is 5.56 Å². The van der Waals surface area contributed by atoms with Crippen LogP contribution in [0.4, 0.5) is 0 Å². The molecule has 2 aromatic carbocycles. The number of benzene rings is 2. The second-order valence-corrected chi connectivity index (χ2v) is 7.54. The Balaban J connectivity index is 2.04. The Bertz CT molecular complexity index is 1230. The van der Waals surface area contributed by atoms with Crippen molar-refractivity contribution in [2.45, 2.75) is 13.5 Å². The molecule has 0 saturated heterocycles. The van der Waals surface area contributed by atoms with E-state index in [4.69, 9.17) is 20.0 Å². The lowest BCUT2D eigenvalue weighted by molar-refractivity contribution is 0.395. The number of rotatable bonds is 5. The van der Waals surface area contributed by atoms with Crippen LogP contribution in [-0.4, -0.2) is 40.5 Å². The van der Waals surface area contributed by atoms with E-state index < -0.39 is 0 Å². The number of aryl methyl sites for hydroxylation is 1. The number of fused-ring (bicyclic) bond motifs is 1. The molecule has 0 saturated carbocycles. The summed E-state index contributed by atoms with van der Waals surface area (Å²) in [4.78, 5) is 11.7. The summed E-state index contributed by atoms with van der Waals surface area (Å²) >= 11 is 0. The number of ether oxygens (including phenoxy) is 1. The van der Waals surface area contributed by atoms with Crippen LogP contribution in [0.5, 0.6) is 5.88 Å². The van der Waals surface area contributed by atoms with Crippen molar-refractivity contribution < 1.29 is 4.74 Å². The smallest absolute Gasteiger partial charge is 0.258 e. The van der Waals surface area contributed by atoms with Crippen LogP contribution in [0.2, 0.25) is 0 Å². The fraction of sp³-hybridized carbons (Fsp3) is 0.208. The topological polar surface area (TPSA) is 66.4 Å². The quantitative estimate of drug-likeness (QED) is 0.502. The fourth-order valence-corrected chi connectivity index (χ4v) is 3.50. The molecular weight excluding hydrogens is 374 g/mol. The lowest BCUT2D eigenvalue weighted by Gasteiger charge is -2.14. The lowest BCUT2D eigenvalue weighted by atomic mass is 10.0. The first-order chi connectivity index (χ1) is 14.5. The molecule has 150 valence electrons. The van der Waals surface area contributed by atoms with Gasteiger partial charge < -0.3 is 9.64 Å². The Kier molecular flexibility index (Phi) is 5.21. The van der Waals surface area contributed by atoms with Gasteiger partial charge in [-0.3, -0.25) is 4.40 Å². The van der Waals surface area contributed by atoms with Crippen LogP contribution in [-0.2, 0) is 6.54 Å². The highest BCUT2D eigenvalue weighted by molar-refractivity contribution is 5.81. The first-order valence-electron chi connectivity index (χ1n) is 9.68. The third kappa shape index (κ3) is 3.63. The zero-order chi connectivity index (χ0) is 21.3. The normalized spacial score (nSPS) is 11.1. The van der Waals surface area contributed by atoms with E-state index in [0.717, 1.165) is 28.2 Å². The third-order valence-corrected chi connectivity index (χ3v) is 4.91. The first-order valence-corrected chi connectivity index (χ1v) is 9.68. The van der Waals surface area contributed by atoms with E-state index in [-0.39, 0.29) is 0 Å². The molecule has 4 rings (SSSR count). The number of nitriles is 1. The average molecular weight is 397 g/mol. The predicted octanol–water partition coefficient (Wildman–Crippen LogP) is 4.31. The summed E-state index contributed by atoms with van der Waals surface area (Å²) in [6.07, 6.45) is 2.04. The first kappa shape index (κ1) is 19.6. The van der Waals surface area contributed by atoms with Gasteiger partial charge in [-0.05, 0) is 33.2 Å². The highest BCUT2D eigenvalue weighted by atomic mass is 16.5. The molecule has 0 radical (unpaired) electrons. The molecule has 0 amide bonds. The van der Waals surface area contributed by atoms with Gasteiger partial charge >= 0.3 is 0 Å². The number of imidazole rings is 1. The SMILES string of the molecule is COc1nc(-c2ccc(C#N)cc2)c(-c2ccc(C)cc2)n2cc(CN(C)C)nc12. The van der Waals surface area contributed by atoms with Gasteiger partial charge in [0.15, 0.2) is 0 Å². The molecule has 0 unspecified atom stereocenters. The number of hydrogen-bond acceptors (Lipinski definition) is 5. The van der Waals surface area contributed by atoms with Crippen molar-refractivity contribution in [2.24, 2.45) is 0 Å². The van der Waals surface area contributed by atoms with Gasteiger partial charge in [-0.15, -0.1) is 0 Å². The molecule has 2 aromatic heterocycles. The minimum absolute atomic E-state index is 0.468.